The molecule has 0 aliphatic heterocycles. The first-order valence-electron chi connectivity index (χ1n) is 7.25. The number of nitro benzene ring substituents is 1. The summed E-state index contributed by atoms with van der Waals surface area (Å²) >= 11 is 1.19. The maximum absolute atomic E-state index is 11.9. The van der Waals surface area contributed by atoms with E-state index in [1.54, 1.807) is 5.38 Å². The fraction of sp³-hybridized carbons (Fsp3) is 0.200. The van der Waals surface area contributed by atoms with E-state index in [1.807, 2.05) is 0 Å². The summed E-state index contributed by atoms with van der Waals surface area (Å²) in [6.07, 6.45) is 0. The van der Waals surface area contributed by atoms with Gasteiger partial charge < -0.3 is 15.4 Å². The van der Waals surface area contributed by atoms with Crippen LogP contribution in [0.25, 0.3) is 0 Å². The minimum Gasteiger partial charge on any atom is -0.458 e. The first-order chi connectivity index (χ1) is 12.3. The highest BCUT2D eigenvalue weighted by Gasteiger charge is 2.13. The molecule has 0 unspecified atom stereocenters. The number of esters is 1. The molecule has 0 aliphatic carbocycles. The monoisotopic (exact) mass is 378 g/mol. The predicted octanol–water partition coefficient (Wildman–Crippen LogP) is 1.48. The Hall–Kier alpha value is -3.34. The number of nitro groups is 1. The zero-order chi connectivity index (χ0) is 19.1. The zero-order valence-electron chi connectivity index (χ0n) is 13.6. The molecule has 0 aliphatic rings. The summed E-state index contributed by atoms with van der Waals surface area (Å²) in [5, 5.41) is 17.5. The molecule has 0 fully saturated rings. The van der Waals surface area contributed by atoms with Crippen molar-refractivity contribution in [1.82, 2.24) is 10.3 Å². The molecule has 26 heavy (non-hydrogen) atoms. The van der Waals surface area contributed by atoms with Gasteiger partial charge in [0.1, 0.15) is 13.2 Å². The summed E-state index contributed by atoms with van der Waals surface area (Å²) in [6.45, 7) is 0.844. The zero-order valence-corrected chi connectivity index (χ0v) is 14.4. The molecule has 1 heterocycles. The van der Waals surface area contributed by atoms with E-state index in [4.69, 9.17) is 4.74 Å². The maximum atomic E-state index is 11.9. The van der Waals surface area contributed by atoms with Gasteiger partial charge in [0.2, 0.25) is 5.91 Å². The summed E-state index contributed by atoms with van der Waals surface area (Å²) in [5.41, 5.74) is 0.294. The van der Waals surface area contributed by atoms with Gasteiger partial charge in [-0.05, 0) is 6.07 Å². The standard InChI is InChI=1S/C15H14N4O6S/c1-9(20)17-15-18-11(8-26-15)7-25-13(21)6-16-14(22)10-3-2-4-12(5-10)19(23)24/h2-5,8H,6-7H2,1H3,(H,16,22)(H,17,18,20). The molecule has 0 atom stereocenters. The number of carbonyl (C=O) groups is 3. The van der Waals surface area contributed by atoms with Crippen LogP contribution in [-0.4, -0.2) is 34.2 Å². The molecule has 2 rings (SSSR count). The molecule has 0 spiro atoms. The average molecular weight is 378 g/mol. The first-order valence-corrected chi connectivity index (χ1v) is 8.13. The van der Waals surface area contributed by atoms with E-state index in [0.29, 0.717) is 10.8 Å². The van der Waals surface area contributed by atoms with Crippen molar-refractivity contribution in [2.75, 3.05) is 11.9 Å². The van der Waals surface area contributed by atoms with Crippen LogP contribution in [0.2, 0.25) is 0 Å². The van der Waals surface area contributed by atoms with E-state index in [0.717, 1.165) is 6.07 Å². The molecule has 0 bridgehead atoms. The van der Waals surface area contributed by atoms with E-state index in [9.17, 15) is 24.5 Å². The molecule has 1 aromatic heterocycles. The van der Waals surface area contributed by atoms with Gasteiger partial charge in [-0.2, -0.15) is 0 Å². The Morgan fingerprint density at radius 1 is 1.35 bits per heavy atom. The summed E-state index contributed by atoms with van der Waals surface area (Å²) in [6, 6.07) is 5.14. The molecule has 1 aromatic carbocycles. The third kappa shape index (κ3) is 5.63. The number of nitrogens with zero attached hydrogens (tertiary/aromatic N) is 2. The van der Waals surface area contributed by atoms with Gasteiger partial charge in [0.15, 0.2) is 5.13 Å². The lowest BCUT2D eigenvalue weighted by Gasteiger charge is -2.05. The molecule has 0 radical (unpaired) electrons. The topological polar surface area (TPSA) is 141 Å². The van der Waals surface area contributed by atoms with Crippen molar-refractivity contribution in [3.63, 3.8) is 0 Å². The van der Waals surface area contributed by atoms with Crippen molar-refractivity contribution in [2.24, 2.45) is 0 Å². The highest BCUT2D eigenvalue weighted by molar-refractivity contribution is 7.13. The van der Waals surface area contributed by atoms with Crippen LogP contribution >= 0.6 is 11.3 Å². The molecular formula is C15H14N4O6S. The largest absolute Gasteiger partial charge is 0.458 e. The number of rotatable bonds is 7. The molecule has 11 heteroatoms. The van der Waals surface area contributed by atoms with E-state index >= 15 is 0 Å². The number of thiazole rings is 1. The number of non-ortho nitro benzene ring substituents is 1. The Morgan fingerprint density at radius 3 is 2.81 bits per heavy atom. The van der Waals surface area contributed by atoms with Crippen LogP contribution in [0.5, 0.6) is 0 Å². The van der Waals surface area contributed by atoms with E-state index in [1.165, 1.54) is 36.5 Å². The summed E-state index contributed by atoms with van der Waals surface area (Å²) in [7, 11) is 0. The van der Waals surface area contributed by atoms with Crippen molar-refractivity contribution < 1.29 is 24.0 Å². The van der Waals surface area contributed by atoms with E-state index in [-0.39, 0.29) is 23.8 Å². The third-order valence-electron chi connectivity index (χ3n) is 2.93. The van der Waals surface area contributed by atoms with E-state index < -0.39 is 23.3 Å². The van der Waals surface area contributed by atoms with Crippen molar-refractivity contribution in [3.05, 3.63) is 51.0 Å². The molecule has 0 saturated carbocycles. The maximum Gasteiger partial charge on any atom is 0.325 e. The third-order valence-corrected chi connectivity index (χ3v) is 3.73. The Balaban J connectivity index is 1.80. The van der Waals surface area contributed by atoms with Crippen molar-refractivity contribution in [2.45, 2.75) is 13.5 Å². The number of aromatic nitrogens is 1. The Bertz CT molecular complexity index is 850. The lowest BCUT2D eigenvalue weighted by atomic mass is 10.2. The normalized spacial score (nSPS) is 10.0. The fourth-order valence-corrected chi connectivity index (χ4v) is 2.54. The van der Waals surface area contributed by atoms with Gasteiger partial charge in [0.05, 0.1) is 10.6 Å². The second kappa shape index (κ2) is 8.67. The van der Waals surface area contributed by atoms with Gasteiger partial charge in [0.25, 0.3) is 11.6 Å². The molecule has 2 amide bonds. The second-order valence-electron chi connectivity index (χ2n) is 4.98. The van der Waals surface area contributed by atoms with Crippen LogP contribution in [0.15, 0.2) is 29.6 Å². The molecule has 2 aromatic rings. The Morgan fingerprint density at radius 2 is 2.12 bits per heavy atom. The quantitative estimate of drug-likeness (QED) is 0.422. The number of nitrogens with one attached hydrogen (secondary N) is 2. The second-order valence-corrected chi connectivity index (χ2v) is 5.83. The van der Waals surface area contributed by atoms with Crippen molar-refractivity contribution in [1.29, 1.82) is 0 Å². The van der Waals surface area contributed by atoms with E-state index in [2.05, 4.69) is 15.6 Å². The smallest absolute Gasteiger partial charge is 0.325 e. The number of hydrogen-bond donors (Lipinski definition) is 2. The van der Waals surface area contributed by atoms with Gasteiger partial charge in [-0.15, -0.1) is 11.3 Å². The molecule has 2 N–H and O–H groups in total. The average Bonchev–Trinajstić information content (AvgIpc) is 3.04. The van der Waals surface area contributed by atoms with Gasteiger partial charge in [-0.1, -0.05) is 6.07 Å². The van der Waals surface area contributed by atoms with Crippen molar-refractivity contribution in [3.8, 4) is 0 Å². The molecule has 0 saturated heterocycles. The minimum absolute atomic E-state index is 0.0615. The van der Waals surface area contributed by atoms with Crippen LogP contribution in [0.1, 0.15) is 23.0 Å². The van der Waals surface area contributed by atoms with Crippen molar-refractivity contribution >= 4 is 39.9 Å². The highest BCUT2D eigenvalue weighted by atomic mass is 32.1. The predicted molar refractivity (Wildman–Crippen MR) is 91.6 cm³/mol. The number of anilines is 1. The van der Waals surface area contributed by atoms with Crippen LogP contribution in [-0.2, 0) is 20.9 Å². The van der Waals surface area contributed by atoms with Gasteiger partial charge in [-0.25, -0.2) is 4.98 Å². The molecule has 136 valence electrons. The van der Waals surface area contributed by atoms with Crippen LogP contribution < -0.4 is 10.6 Å². The lowest BCUT2D eigenvalue weighted by molar-refractivity contribution is -0.384. The minimum atomic E-state index is -0.696. The highest BCUT2D eigenvalue weighted by Crippen LogP contribution is 2.16. The number of carbonyl (C=O) groups excluding carboxylic acids is 3. The summed E-state index contributed by atoms with van der Waals surface area (Å²) in [5.74, 6) is -1.59. The first kappa shape index (κ1) is 19.0. The fourth-order valence-electron chi connectivity index (χ4n) is 1.80. The van der Waals surface area contributed by atoms with Gasteiger partial charge in [0, 0.05) is 30.0 Å². The summed E-state index contributed by atoms with van der Waals surface area (Å²) in [4.78, 5) is 48.6. The number of ether oxygens (including phenoxy) is 1. The lowest BCUT2D eigenvalue weighted by Crippen LogP contribution is -2.30. The number of benzene rings is 1. The van der Waals surface area contributed by atoms with Crippen LogP contribution in [0, 0.1) is 10.1 Å². The number of hydrogen-bond acceptors (Lipinski definition) is 8. The Labute approximate surface area is 151 Å². The van der Waals surface area contributed by atoms with Crippen LogP contribution in [0.4, 0.5) is 10.8 Å². The number of amides is 2. The molecule has 10 nitrogen and oxygen atoms in total. The van der Waals surface area contributed by atoms with Gasteiger partial charge in [-0.3, -0.25) is 24.5 Å². The van der Waals surface area contributed by atoms with Crippen LogP contribution in [0.3, 0.4) is 0 Å². The summed E-state index contributed by atoms with van der Waals surface area (Å²) < 4.78 is 4.96. The Kier molecular flexibility index (Phi) is 6.33. The van der Waals surface area contributed by atoms with Gasteiger partial charge >= 0.3 is 5.97 Å². The SMILES string of the molecule is CC(=O)Nc1nc(COC(=O)CNC(=O)c2cccc([N+](=O)[O-])c2)cs1. The molecular weight excluding hydrogens is 364 g/mol.